The van der Waals surface area contributed by atoms with Crippen LogP contribution in [0, 0.1) is 19.8 Å². The smallest absolute Gasteiger partial charge is 0.252 e. The maximum Gasteiger partial charge on any atom is 0.252 e. The van der Waals surface area contributed by atoms with Crippen molar-refractivity contribution in [2.24, 2.45) is 5.92 Å². The number of hydrogen-bond donors (Lipinski definition) is 1. The van der Waals surface area contributed by atoms with E-state index >= 15 is 0 Å². The van der Waals surface area contributed by atoms with Crippen LogP contribution in [0.3, 0.4) is 0 Å². The van der Waals surface area contributed by atoms with Gasteiger partial charge in [-0.3, -0.25) is 4.79 Å². The molecule has 1 aromatic carbocycles. The monoisotopic (exact) mass is 420 g/mol. The minimum absolute atomic E-state index is 0.0986. The summed E-state index contributed by atoms with van der Waals surface area (Å²) < 4.78 is 27.7. The summed E-state index contributed by atoms with van der Waals surface area (Å²) in [5.74, 6) is -0.150. The SMILES string of the molecule is Cc1ccc(S(=O)(=O)N2CCC[C@H](C(=O)Nc3c(C)cccc3C(C)C)C2)s1. The summed E-state index contributed by atoms with van der Waals surface area (Å²) >= 11 is 1.28. The molecule has 5 nitrogen and oxygen atoms in total. The topological polar surface area (TPSA) is 66.5 Å². The first kappa shape index (κ1) is 21.0. The lowest BCUT2D eigenvalue weighted by Gasteiger charge is -2.31. The highest BCUT2D eigenvalue weighted by Crippen LogP contribution is 2.31. The fraction of sp³-hybridized carbons (Fsp3) is 0.476. The molecule has 0 unspecified atom stereocenters. The van der Waals surface area contributed by atoms with Gasteiger partial charge in [0.2, 0.25) is 5.91 Å². The molecule has 0 aliphatic carbocycles. The van der Waals surface area contributed by atoms with E-state index in [1.807, 2.05) is 38.1 Å². The molecule has 3 rings (SSSR count). The fourth-order valence-electron chi connectivity index (χ4n) is 3.62. The third kappa shape index (κ3) is 4.31. The van der Waals surface area contributed by atoms with Crippen LogP contribution in [0.15, 0.2) is 34.5 Å². The molecule has 1 aromatic heterocycles. The zero-order chi connectivity index (χ0) is 20.5. The van der Waals surface area contributed by atoms with Crippen LogP contribution < -0.4 is 5.32 Å². The van der Waals surface area contributed by atoms with E-state index in [4.69, 9.17) is 0 Å². The summed E-state index contributed by atoms with van der Waals surface area (Å²) in [5.41, 5.74) is 2.98. The number of anilines is 1. The molecule has 1 fully saturated rings. The molecule has 0 spiro atoms. The number of aryl methyl sites for hydroxylation is 2. The lowest BCUT2D eigenvalue weighted by molar-refractivity contribution is -0.120. The quantitative estimate of drug-likeness (QED) is 0.773. The Hall–Kier alpha value is -1.70. The first-order chi connectivity index (χ1) is 13.2. The number of piperidine rings is 1. The molecule has 28 heavy (non-hydrogen) atoms. The first-order valence-corrected chi connectivity index (χ1v) is 11.9. The Bertz CT molecular complexity index is 964. The van der Waals surface area contributed by atoms with E-state index in [-0.39, 0.29) is 18.4 Å². The van der Waals surface area contributed by atoms with Crippen molar-refractivity contribution < 1.29 is 13.2 Å². The number of sulfonamides is 1. The van der Waals surface area contributed by atoms with Crippen LogP contribution in [0.1, 0.15) is 48.6 Å². The normalized spacial score (nSPS) is 18.4. The third-order valence-corrected chi connectivity index (χ3v) is 8.57. The molecule has 0 bridgehead atoms. The van der Waals surface area contributed by atoms with Gasteiger partial charge in [0.1, 0.15) is 4.21 Å². The molecule has 1 aliphatic heterocycles. The summed E-state index contributed by atoms with van der Waals surface area (Å²) in [6, 6.07) is 9.49. The van der Waals surface area contributed by atoms with Crippen molar-refractivity contribution in [3.8, 4) is 0 Å². The Morgan fingerprint density at radius 1 is 1.21 bits per heavy atom. The van der Waals surface area contributed by atoms with Crippen molar-refractivity contribution >= 4 is 33.0 Å². The van der Waals surface area contributed by atoms with Gasteiger partial charge in [0.15, 0.2) is 0 Å². The molecule has 0 radical (unpaired) electrons. The summed E-state index contributed by atoms with van der Waals surface area (Å²) in [6.07, 6.45) is 1.39. The molecule has 2 heterocycles. The Kier molecular flexibility index (Phi) is 6.27. The zero-order valence-corrected chi connectivity index (χ0v) is 18.5. The van der Waals surface area contributed by atoms with Gasteiger partial charge in [-0.15, -0.1) is 11.3 Å². The predicted octanol–water partition coefficient (Wildman–Crippen LogP) is 4.53. The number of thiophene rings is 1. The van der Waals surface area contributed by atoms with E-state index in [0.717, 1.165) is 21.7 Å². The van der Waals surface area contributed by atoms with Crippen LogP contribution in [0.4, 0.5) is 5.69 Å². The number of nitrogens with one attached hydrogen (secondary N) is 1. The van der Waals surface area contributed by atoms with Crippen LogP contribution in [-0.4, -0.2) is 31.7 Å². The second-order valence-corrected chi connectivity index (χ2v) is 11.2. The lowest BCUT2D eigenvalue weighted by Crippen LogP contribution is -2.43. The number of carbonyl (C=O) groups is 1. The molecule has 7 heteroatoms. The zero-order valence-electron chi connectivity index (χ0n) is 16.9. The molecule has 0 saturated carbocycles. The summed E-state index contributed by atoms with van der Waals surface area (Å²) in [4.78, 5) is 13.9. The maximum atomic E-state index is 13.0. The van der Waals surface area contributed by atoms with Crippen LogP contribution in [-0.2, 0) is 14.8 Å². The van der Waals surface area contributed by atoms with Gasteiger partial charge in [0.05, 0.1) is 5.92 Å². The van der Waals surface area contributed by atoms with Gasteiger partial charge in [-0.2, -0.15) is 4.31 Å². The summed E-state index contributed by atoms with van der Waals surface area (Å²) in [7, 11) is -3.54. The van der Waals surface area contributed by atoms with E-state index in [1.54, 1.807) is 6.07 Å². The molecular weight excluding hydrogens is 392 g/mol. The number of nitrogens with zero attached hydrogens (tertiary/aromatic N) is 1. The number of benzene rings is 1. The molecule has 1 N–H and O–H groups in total. The van der Waals surface area contributed by atoms with Crippen molar-refractivity contribution in [2.75, 3.05) is 18.4 Å². The highest BCUT2D eigenvalue weighted by molar-refractivity contribution is 7.91. The van der Waals surface area contributed by atoms with E-state index in [1.165, 1.54) is 15.6 Å². The highest BCUT2D eigenvalue weighted by Gasteiger charge is 2.34. The van der Waals surface area contributed by atoms with Crippen LogP contribution >= 0.6 is 11.3 Å². The second-order valence-electron chi connectivity index (χ2n) is 7.75. The van der Waals surface area contributed by atoms with E-state index in [2.05, 4.69) is 19.2 Å². The molecule has 1 atom stereocenters. The van der Waals surface area contributed by atoms with Gasteiger partial charge in [-0.25, -0.2) is 8.42 Å². The number of para-hydroxylation sites is 1. The Labute approximate surface area is 171 Å². The molecule has 152 valence electrons. The van der Waals surface area contributed by atoms with Gasteiger partial charge < -0.3 is 5.32 Å². The van der Waals surface area contributed by atoms with Crippen molar-refractivity contribution in [1.82, 2.24) is 4.31 Å². The minimum Gasteiger partial charge on any atom is -0.325 e. The number of rotatable bonds is 5. The maximum absolute atomic E-state index is 13.0. The van der Waals surface area contributed by atoms with Crippen molar-refractivity contribution in [3.05, 3.63) is 46.3 Å². The molecule has 1 aliphatic rings. The molecule has 1 saturated heterocycles. The predicted molar refractivity (Wildman–Crippen MR) is 114 cm³/mol. The average Bonchev–Trinajstić information content (AvgIpc) is 3.10. The van der Waals surface area contributed by atoms with Gasteiger partial charge >= 0.3 is 0 Å². The third-order valence-electron chi connectivity index (χ3n) is 5.24. The van der Waals surface area contributed by atoms with Gasteiger partial charge in [0.25, 0.3) is 10.0 Å². The Balaban J connectivity index is 1.77. The summed E-state index contributed by atoms with van der Waals surface area (Å²) in [5, 5.41) is 3.09. The Morgan fingerprint density at radius 2 is 1.96 bits per heavy atom. The van der Waals surface area contributed by atoms with Crippen LogP contribution in [0.2, 0.25) is 0 Å². The van der Waals surface area contributed by atoms with Gasteiger partial charge in [-0.05, 0) is 55.9 Å². The molecule has 1 amide bonds. The first-order valence-electron chi connectivity index (χ1n) is 9.67. The highest BCUT2D eigenvalue weighted by atomic mass is 32.2. The van der Waals surface area contributed by atoms with Crippen LogP contribution in [0.25, 0.3) is 0 Å². The average molecular weight is 421 g/mol. The van der Waals surface area contributed by atoms with Crippen molar-refractivity contribution in [1.29, 1.82) is 0 Å². The van der Waals surface area contributed by atoms with Gasteiger partial charge in [0, 0.05) is 23.7 Å². The minimum atomic E-state index is -3.54. The lowest BCUT2D eigenvalue weighted by atomic mass is 9.95. The van der Waals surface area contributed by atoms with E-state index in [9.17, 15) is 13.2 Å². The molecule has 2 aromatic rings. The van der Waals surface area contributed by atoms with Crippen molar-refractivity contribution in [3.63, 3.8) is 0 Å². The van der Waals surface area contributed by atoms with E-state index in [0.29, 0.717) is 29.5 Å². The Morgan fingerprint density at radius 3 is 2.61 bits per heavy atom. The molecular formula is C21H28N2O3S2. The number of carbonyl (C=O) groups excluding carboxylic acids is 1. The fourth-order valence-corrected chi connectivity index (χ4v) is 6.58. The summed E-state index contributed by atoms with van der Waals surface area (Å²) in [6.45, 7) is 8.77. The number of hydrogen-bond acceptors (Lipinski definition) is 4. The largest absolute Gasteiger partial charge is 0.325 e. The van der Waals surface area contributed by atoms with Crippen LogP contribution in [0.5, 0.6) is 0 Å². The second kappa shape index (κ2) is 8.35. The van der Waals surface area contributed by atoms with E-state index < -0.39 is 10.0 Å². The number of amides is 1. The van der Waals surface area contributed by atoms with Crippen molar-refractivity contribution in [2.45, 2.75) is 50.7 Å². The van der Waals surface area contributed by atoms with Gasteiger partial charge in [-0.1, -0.05) is 32.0 Å². The standard InChI is InChI=1S/C21H28N2O3S2/c1-14(2)18-9-5-7-15(3)20(18)22-21(24)17-8-6-12-23(13-17)28(25,26)19-11-10-16(4)27-19/h5,7,9-11,14,17H,6,8,12-13H2,1-4H3,(H,22,24)/t17-/m0/s1.